The minimum Gasteiger partial charge on any atom is -0.287 e. The molecule has 0 saturated heterocycles. The van der Waals surface area contributed by atoms with E-state index in [1.807, 2.05) is 6.92 Å². The molecule has 0 bridgehead atoms. The molecule has 52 valence electrons. The van der Waals surface area contributed by atoms with Crippen LogP contribution in [0.3, 0.4) is 0 Å². The van der Waals surface area contributed by atoms with Crippen molar-refractivity contribution in [2.75, 3.05) is 6.26 Å². The molecular weight excluding hydrogens is 132 g/mol. The van der Waals surface area contributed by atoms with Crippen molar-refractivity contribution in [2.45, 2.75) is 13.3 Å². The first-order valence-corrected chi connectivity index (χ1v) is 4.19. The first-order valence-electron chi connectivity index (χ1n) is 2.96. The molecule has 1 nitrogen and oxygen atoms in total. The van der Waals surface area contributed by atoms with Gasteiger partial charge < -0.3 is 0 Å². The molecule has 1 atom stereocenters. The monoisotopic (exact) mass is 144 g/mol. The quantitative estimate of drug-likeness (QED) is 0.564. The second-order valence-electron chi connectivity index (χ2n) is 1.77. The smallest absolute Gasteiger partial charge is 0.195 e. The van der Waals surface area contributed by atoms with Gasteiger partial charge in [-0.2, -0.15) is 0 Å². The zero-order valence-corrected chi connectivity index (χ0v) is 6.70. The standard InChI is InChI=1S/C7H12OS/c1-4-6(5-2)7(8)9-3/h4,6H,1,5H2,2-3H3. The van der Waals surface area contributed by atoms with Crippen LogP contribution in [0.5, 0.6) is 0 Å². The molecule has 0 aromatic carbocycles. The van der Waals surface area contributed by atoms with E-state index < -0.39 is 0 Å². The largest absolute Gasteiger partial charge is 0.287 e. The highest BCUT2D eigenvalue weighted by atomic mass is 32.2. The van der Waals surface area contributed by atoms with E-state index in [4.69, 9.17) is 0 Å². The van der Waals surface area contributed by atoms with Gasteiger partial charge in [0.1, 0.15) is 0 Å². The number of thioether (sulfide) groups is 1. The average Bonchev–Trinajstić information content (AvgIpc) is 1.90. The Balaban J connectivity index is 3.78. The predicted molar refractivity (Wildman–Crippen MR) is 42.5 cm³/mol. The van der Waals surface area contributed by atoms with E-state index in [2.05, 4.69) is 6.58 Å². The van der Waals surface area contributed by atoms with Crippen molar-refractivity contribution < 1.29 is 4.79 Å². The van der Waals surface area contributed by atoms with E-state index in [1.54, 1.807) is 12.3 Å². The predicted octanol–water partition coefficient (Wildman–Crippen LogP) is 2.09. The third-order valence-electron chi connectivity index (χ3n) is 1.23. The Morgan fingerprint density at radius 1 is 1.89 bits per heavy atom. The zero-order chi connectivity index (χ0) is 7.28. The van der Waals surface area contributed by atoms with Crippen LogP contribution in [-0.4, -0.2) is 11.4 Å². The van der Waals surface area contributed by atoms with Gasteiger partial charge in [0.05, 0.1) is 0 Å². The molecule has 0 aliphatic heterocycles. The maximum atomic E-state index is 10.9. The van der Waals surface area contributed by atoms with Crippen LogP contribution < -0.4 is 0 Å². The maximum absolute atomic E-state index is 10.9. The van der Waals surface area contributed by atoms with E-state index in [-0.39, 0.29) is 11.0 Å². The Hall–Kier alpha value is -0.240. The molecular formula is C7H12OS. The van der Waals surface area contributed by atoms with E-state index in [9.17, 15) is 4.79 Å². The molecule has 9 heavy (non-hydrogen) atoms. The Kier molecular flexibility index (Phi) is 4.50. The lowest BCUT2D eigenvalue weighted by molar-refractivity contribution is -0.113. The van der Waals surface area contributed by atoms with Crippen molar-refractivity contribution >= 4 is 16.9 Å². The van der Waals surface area contributed by atoms with Gasteiger partial charge in [-0.3, -0.25) is 4.79 Å². The Labute approximate surface area is 60.5 Å². The summed E-state index contributed by atoms with van der Waals surface area (Å²) in [5.74, 6) is 0.0556. The molecule has 0 aliphatic rings. The van der Waals surface area contributed by atoms with Crippen molar-refractivity contribution in [3.8, 4) is 0 Å². The summed E-state index contributed by atoms with van der Waals surface area (Å²) in [4.78, 5) is 10.9. The normalized spacial score (nSPS) is 12.7. The number of hydrogen-bond donors (Lipinski definition) is 0. The fourth-order valence-corrected chi connectivity index (χ4v) is 1.15. The van der Waals surface area contributed by atoms with Crippen LogP contribution in [0.4, 0.5) is 0 Å². The van der Waals surface area contributed by atoms with Crippen molar-refractivity contribution in [1.29, 1.82) is 0 Å². The summed E-state index contributed by atoms with van der Waals surface area (Å²) in [5, 5.41) is 0.215. The summed E-state index contributed by atoms with van der Waals surface area (Å²) < 4.78 is 0. The lowest BCUT2D eigenvalue weighted by Crippen LogP contribution is -2.04. The summed E-state index contributed by atoms with van der Waals surface area (Å²) in [7, 11) is 0. The van der Waals surface area contributed by atoms with Crippen molar-refractivity contribution in [3.63, 3.8) is 0 Å². The second kappa shape index (κ2) is 4.62. The van der Waals surface area contributed by atoms with Crippen molar-refractivity contribution in [1.82, 2.24) is 0 Å². The highest BCUT2D eigenvalue weighted by molar-refractivity contribution is 8.13. The fourth-order valence-electron chi connectivity index (χ4n) is 0.581. The maximum Gasteiger partial charge on any atom is 0.195 e. The molecule has 0 rings (SSSR count). The lowest BCUT2D eigenvalue weighted by Gasteiger charge is -2.03. The second-order valence-corrected chi connectivity index (χ2v) is 2.58. The van der Waals surface area contributed by atoms with Crippen LogP contribution in [0.15, 0.2) is 12.7 Å². The minimum absolute atomic E-state index is 0.0556. The molecule has 1 unspecified atom stereocenters. The van der Waals surface area contributed by atoms with Gasteiger partial charge in [-0.15, -0.1) is 6.58 Å². The molecule has 0 aromatic heterocycles. The molecule has 0 saturated carbocycles. The number of rotatable bonds is 3. The third kappa shape index (κ3) is 2.70. The van der Waals surface area contributed by atoms with Gasteiger partial charge in [0, 0.05) is 5.92 Å². The van der Waals surface area contributed by atoms with Gasteiger partial charge in [0.25, 0.3) is 0 Å². The minimum atomic E-state index is 0.0556. The Morgan fingerprint density at radius 2 is 2.44 bits per heavy atom. The Morgan fingerprint density at radius 3 is 2.56 bits per heavy atom. The summed E-state index contributed by atoms with van der Waals surface area (Å²) in [5.41, 5.74) is 0. The van der Waals surface area contributed by atoms with Crippen molar-refractivity contribution in [3.05, 3.63) is 12.7 Å². The van der Waals surface area contributed by atoms with Crippen LogP contribution in [0, 0.1) is 5.92 Å². The molecule has 0 N–H and O–H groups in total. The molecule has 2 heteroatoms. The van der Waals surface area contributed by atoms with Gasteiger partial charge in [-0.1, -0.05) is 24.8 Å². The molecule has 0 aromatic rings. The first kappa shape index (κ1) is 8.76. The van der Waals surface area contributed by atoms with Crippen LogP contribution in [0.2, 0.25) is 0 Å². The summed E-state index contributed by atoms with van der Waals surface area (Å²) in [6.45, 7) is 5.55. The number of carbonyl (C=O) groups is 1. The topological polar surface area (TPSA) is 17.1 Å². The van der Waals surface area contributed by atoms with E-state index in [0.29, 0.717) is 0 Å². The number of hydrogen-bond acceptors (Lipinski definition) is 2. The van der Waals surface area contributed by atoms with E-state index in [0.717, 1.165) is 6.42 Å². The summed E-state index contributed by atoms with van der Waals surface area (Å²) >= 11 is 1.27. The molecule has 0 fully saturated rings. The van der Waals surface area contributed by atoms with Gasteiger partial charge in [-0.05, 0) is 12.7 Å². The van der Waals surface area contributed by atoms with Gasteiger partial charge >= 0.3 is 0 Å². The van der Waals surface area contributed by atoms with Gasteiger partial charge in [0.15, 0.2) is 5.12 Å². The summed E-state index contributed by atoms with van der Waals surface area (Å²) in [6.07, 6.45) is 4.37. The van der Waals surface area contributed by atoms with Crippen LogP contribution >= 0.6 is 11.8 Å². The highest BCUT2D eigenvalue weighted by Crippen LogP contribution is 2.11. The molecule has 0 radical (unpaired) electrons. The Bertz CT molecular complexity index is 109. The lowest BCUT2D eigenvalue weighted by atomic mass is 10.1. The average molecular weight is 144 g/mol. The van der Waals surface area contributed by atoms with Crippen molar-refractivity contribution in [2.24, 2.45) is 5.92 Å². The van der Waals surface area contributed by atoms with E-state index in [1.165, 1.54) is 11.8 Å². The van der Waals surface area contributed by atoms with Crippen LogP contribution in [0.1, 0.15) is 13.3 Å². The van der Waals surface area contributed by atoms with Crippen LogP contribution in [0.25, 0.3) is 0 Å². The molecule has 0 aliphatic carbocycles. The summed E-state index contributed by atoms with van der Waals surface area (Å²) in [6, 6.07) is 0. The number of carbonyl (C=O) groups excluding carboxylic acids is 1. The molecule has 0 amide bonds. The SMILES string of the molecule is C=CC(CC)C(=O)SC. The molecule has 0 heterocycles. The first-order chi connectivity index (χ1) is 4.26. The van der Waals surface area contributed by atoms with Gasteiger partial charge in [0.2, 0.25) is 0 Å². The number of allylic oxidation sites excluding steroid dienone is 1. The highest BCUT2D eigenvalue weighted by Gasteiger charge is 2.09. The van der Waals surface area contributed by atoms with Gasteiger partial charge in [-0.25, -0.2) is 0 Å². The van der Waals surface area contributed by atoms with Crippen LogP contribution in [-0.2, 0) is 4.79 Å². The third-order valence-corrected chi connectivity index (χ3v) is 1.93. The zero-order valence-electron chi connectivity index (χ0n) is 5.89. The van der Waals surface area contributed by atoms with E-state index >= 15 is 0 Å². The fraction of sp³-hybridized carbons (Fsp3) is 0.571. The molecule has 0 spiro atoms.